The second kappa shape index (κ2) is 12.9. The summed E-state index contributed by atoms with van der Waals surface area (Å²) in [5.74, 6) is -11.3. The molecule has 0 fully saturated rings. The average Bonchev–Trinajstić information content (AvgIpc) is 3.42. The summed E-state index contributed by atoms with van der Waals surface area (Å²) < 4.78 is 70.9. The Labute approximate surface area is 305 Å². The SMILES string of the molecule is C=CC(=O)OCC1(CCC(F)(F)C(F)(F)COC(=O)C=C)c2ccccc2-c2ccc(-c3ccc4ccc5cc(C(C)(C)C)cc6ccc3c4c56)cc21. The quantitative estimate of drug-likeness (QED) is 0.0579. The molecule has 0 radical (unpaired) electrons. The first-order valence-corrected chi connectivity index (χ1v) is 17.4. The zero-order chi connectivity index (χ0) is 37.9. The molecule has 6 aromatic rings. The molecule has 270 valence electrons. The van der Waals surface area contributed by atoms with Gasteiger partial charge in [0.05, 0.1) is 5.41 Å². The van der Waals surface area contributed by atoms with E-state index in [0.717, 1.165) is 60.6 Å². The van der Waals surface area contributed by atoms with Crippen LogP contribution < -0.4 is 0 Å². The Hall–Kier alpha value is -5.50. The van der Waals surface area contributed by atoms with Gasteiger partial charge in [0.25, 0.3) is 0 Å². The minimum atomic E-state index is -4.68. The van der Waals surface area contributed by atoms with Gasteiger partial charge in [0, 0.05) is 18.6 Å². The van der Waals surface area contributed by atoms with E-state index in [1.54, 1.807) is 12.1 Å². The molecule has 8 heteroatoms. The number of carbonyl (C=O) groups excluding carboxylic acids is 2. The van der Waals surface area contributed by atoms with Gasteiger partial charge in [-0.2, -0.15) is 17.6 Å². The monoisotopic (exact) mass is 718 g/mol. The normalized spacial score (nSPS) is 15.8. The first-order valence-electron chi connectivity index (χ1n) is 17.4. The van der Waals surface area contributed by atoms with Crippen molar-refractivity contribution < 1.29 is 36.6 Å². The van der Waals surface area contributed by atoms with Crippen molar-refractivity contribution in [1.82, 2.24) is 0 Å². The summed E-state index contributed by atoms with van der Waals surface area (Å²) >= 11 is 0. The molecular formula is C45H38F4O4. The minimum Gasteiger partial charge on any atom is -0.461 e. The van der Waals surface area contributed by atoms with Gasteiger partial charge in [-0.05, 0) is 89.2 Å². The lowest BCUT2D eigenvalue weighted by molar-refractivity contribution is -0.234. The fraction of sp³-hybridized carbons (Fsp3) is 0.244. The molecule has 53 heavy (non-hydrogen) atoms. The third-order valence-electron chi connectivity index (χ3n) is 10.6. The van der Waals surface area contributed by atoms with Crippen LogP contribution in [0.25, 0.3) is 54.6 Å². The molecule has 0 bridgehead atoms. The van der Waals surface area contributed by atoms with E-state index < -0.39 is 55.3 Å². The predicted octanol–water partition coefficient (Wildman–Crippen LogP) is 11.3. The van der Waals surface area contributed by atoms with Crippen molar-refractivity contribution in [3.05, 3.63) is 133 Å². The smallest absolute Gasteiger partial charge is 0.343 e. The van der Waals surface area contributed by atoms with Gasteiger partial charge < -0.3 is 9.47 Å². The number of ether oxygens (including phenoxy) is 2. The number of benzene rings is 6. The van der Waals surface area contributed by atoms with Gasteiger partial charge in [0.2, 0.25) is 0 Å². The lowest BCUT2D eigenvalue weighted by atomic mass is 9.73. The standard InChI is InChI=1S/C45H38F4O4/c1-6-38(50)52-25-43(20-21-44(46,47)45(48,49)26-53-39(51)7-2)36-11-9-8-10-33(36)34-18-15-28(24-37(34)43)32-17-14-27-12-13-29-22-31(42(3,4)5)23-30-16-19-35(32)41(27)40(29)30/h6-19,22-24H,1-2,20-21,25-26H2,3-5H3. The highest BCUT2D eigenvalue weighted by Gasteiger charge is 2.58. The molecule has 4 nitrogen and oxygen atoms in total. The van der Waals surface area contributed by atoms with Crippen LogP contribution in [-0.4, -0.2) is 37.0 Å². The molecule has 0 aromatic heterocycles. The first-order chi connectivity index (χ1) is 25.1. The lowest BCUT2D eigenvalue weighted by Crippen LogP contribution is -2.46. The second-order valence-electron chi connectivity index (χ2n) is 14.9. The summed E-state index contributed by atoms with van der Waals surface area (Å²) in [7, 11) is 0. The maximum Gasteiger partial charge on any atom is 0.343 e. The molecule has 0 saturated carbocycles. The van der Waals surface area contributed by atoms with Gasteiger partial charge in [-0.25, -0.2) is 9.59 Å². The summed E-state index contributed by atoms with van der Waals surface area (Å²) in [5, 5.41) is 6.59. The van der Waals surface area contributed by atoms with Gasteiger partial charge in [-0.15, -0.1) is 0 Å². The fourth-order valence-electron chi connectivity index (χ4n) is 7.76. The summed E-state index contributed by atoms with van der Waals surface area (Å²) in [6.45, 7) is 11.0. The number of carbonyl (C=O) groups is 2. The molecule has 0 N–H and O–H groups in total. The average molecular weight is 719 g/mol. The maximum absolute atomic E-state index is 15.5. The van der Waals surface area contributed by atoms with E-state index in [0.29, 0.717) is 17.2 Å². The summed E-state index contributed by atoms with van der Waals surface area (Å²) in [6, 6.07) is 30.0. The fourth-order valence-corrected chi connectivity index (χ4v) is 7.76. The van der Waals surface area contributed by atoms with Crippen LogP contribution in [0.1, 0.15) is 50.3 Å². The number of hydrogen-bond acceptors (Lipinski definition) is 4. The number of esters is 2. The van der Waals surface area contributed by atoms with Gasteiger partial charge in [-0.1, -0.05) is 119 Å². The number of alkyl halides is 4. The molecule has 1 aliphatic rings. The Morgan fingerprint density at radius 3 is 1.98 bits per heavy atom. The first kappa shape index (κ1) is 35.9. The molecule has 7 rings (SSSR count). The molecule has 0 spiro atoms. The van der Waals surface area contributed by atoms with Crippen LogP contribution in [0.15, 0.2) is 116 Å². The van der Waals surface area contributed by atoms with E-state index in [1.807, 2.05) is 36.4 Å². The van der Waals surface area contributed by atoms with Crippen LogP contribution in [0.5, 0.6) is 0 Å². The predicted molar refractivity (Wildman–Crippen MR) is 202 cm³/mol. The van der Waals surface area contributed by atoms with Gasteiger partial charge in [0.15, 0.2) is 6.61 Å². The van der Waals surface area contributed by atoms with Crippen LogP contribution >= 0.6 is 0 Å². The van der Waals surface area contributed by atoms with Gasteiger partial charge in [0.1, 0.15) is 6.61 Å². The number of hydrogen-bond donors (Lipinski definition) is 0. The van der Waals surface area contributed by atoms with Gasteiger partial charge in [-0.3, -0.25) is 0 Å². The Morgan fingerprint density at radius 1 is 0.679 bits per heavy atom. The largest absolute Gasteiger partial charge is 0.461 e. The molecule has 6 aromatic carbocycles. The van der Waals surface area contributed by atoms with E-state index in [4.69, 9.17) is 4.74 Å². The molecular weight excluding hydrogens is 680 g/mol. The van der Waals surface area contributed by atoms with E-state index in [1.165, 1.54) is 5.56 Å². The Kier molecular flexibility index (Phi) is 8.71. The molecule has 0 saturated heterocycles. The molecule has 0 heterocycles. The van der Waals surface area contributed by atoms with Crippen molar-refractivity contribution in [2.45, 2.75) is 56.3 Å². The zero-order valence-corrected chi connectivity index (χ0v) is 29.7. The van der Waals surface area contributed by atoms with Crippen molar-refractivity contribution in [3.63, 3.8) is 0 Å². The number of fused-ring (bicyclic) bond motifs is 3. The van der Waals surface area contributed by atoms with Crippen molar-refractivity contribution in [1.29, 1.82) is 0 Å². The van der Waals surface area contributed by atoms with Crippen LogP contribution in [0.2, 0.25) is 0 Å². The lowest BCUT2D eigenvalue weighted by Gasteiger charge is -2.34. The van der Waals surface area contributed by atoms with Crippen molar-refractivity contribution in [3.8, 4) is 22.3 Å². The molecule has 0 amide bonds. The molecule has 1 atom stereocenters. The van der Waals surface area contributed by atoms with E-state index >= 15 is 8.78 Å². The highest BCUT2D eigenvalue weighted by atomic mass is 19.3. The van der Waals surface area contributed by atoms with Crippen molar-refractivity contribution in [2.24, 2.45) is 0 Å². The maximum atomic E-state index is 15.5. The summed E-state index contributed by atoms with van der Waals surface area (Å²) in [4.78, 5) is 23.9. The Balaban J connectivity index is 1.38. The number of rotatable bonds is 11. The third kappa shape index (κ3) is 6.04. The van der Waals surface area contributed by atoms with E-state index in [2.05, 4.69) is 81.1 Å². The van der Waals surface area contributed by atoms with Crippen LogP contribution in [0, 0.1) is 0 Å². The zero-order valence-electron chi connectivity index (χ0n) is 29.7. The van der Waals surface area contributed by atoms with Crippen LogP contribution in [-0.2, 0) is 29.9 Å². The highest BCUT2D eigenvalue weighted by molar-refractivity contribution is 6.25. The molecule has 1 aliphatic carbocycles. The van der Waals surface area contributed by atoms with E-state index in [9.17, 15) is 18.4 Å². The summed E-state index contributed by atoms with van der Waals surface area (Å²) in [5.41, 5.74) is 4.06. The van der Waals surface area contributed by atoms with E-state index in [-0.39, 0.29) is 5.41 Å². The topological polar surface area (TPSA) is 52.6 Å². The summed E-state index contributed by atoms with van der Waals surface area (Å²) in [6.07, 6.45) is -0.218. The van der Waals surface area contributed by atoms with Crippen molar-refractivity contribution >= 4 is 44.3 Å². The second-order valence-corrected chi connectivity index (χ2v) is 14.9. The Morgan fingerprint density at radius 2 is 1.28 bits per heavy atom. The molecule has 1 unspecified atom stereocenters. The third-order valence-corrected chi connectivity index (χ3v) is 10.6. The van der Waals surface area contributed by atoms with Crippen LogP contribution in [0.4, 0.5) is 17.6 Å². The van der Waals surface area contributed by atoms with Gasteiger partial charge >= 0.3 is 23.8 Å². The highest BCUT2D eigenvalue weighted by Crippen LogP contribution is 2.55. The molecule has 0 aliphatic heterocycles. The Bertz CT molecular complexity index is 2420. The van der Waals surface area contributed by atoms with Crippen molar-refractivity contribution in [2.75, 3.05) is 13.2 Å². The number of halogens is 4. The van der Waals surface area contributed by atoms with Crippen LogP contribution in [0.3, 0.4) is 0 Å². The minimum absolute atomic E-state index is 0.0394.